The molecule has 2 N–H and O–H groups in total. The van der Waals surface area contributed by atoms with Crippen LogP contribution in [0.2, 0.25) is 0 Å². The molecule has 138 valence electrons. The number of alkyl halides is 3. The van der Waals surface area contributed by atoms with E-state index in [0.717, 1.165) is 36.3 Å². The van der Waals surface area contributed by atoms with Crippen molar-refractivity contribution in [3.05, 3.63) is 0 Å². The average Bonchev–Trinajstić information content (AvgIpc) is 2.95. The van der Waals surface area contributed by atoms with Crippen LogP contribution in [-0.4, -0.2) is 59.3 Å². The van der Waals surface area contributed by atoms with E-state index in [1.165, 1.54) is 0 Å². The number of nitrogens with zero attached hydrogens (tertiary/aromatic N) is 1. The molecule has 2 atom stereocenters. The first-order valence-electron chi connectivity index (χ1n) is 8.06. The van der Waals surface area contributed by atoms with E-state index in [0.29, 0.717) is 5.92 Å². The molecule has 0 aromatic rings. The summed E-state index contributed by atoms with van der Waals surface area (Å²) < 4.78 is 38.9. The first kappa shape index (κ1) is 19.2. The minimum Gasteiger partial charge on any atom is -0.481 e. The Labute approximate surface area is 143 Å². The van der Waals surface area contributed by atoms with Crippen LogP contribution in [0.1, 0.15) is 25.7 Å². The summed E-state index contributed by atoms with van der Waals surface area (Å²) in [7, 11) is 0. The van der Waals surface area contributed by atoms with Gasteiger partial charge >= 0.3 is 18.2 Å². The van der Waals surface area contributed by atoms with Crippen LogP contribution in [0.25, 0.3) is 0 Å². The third kappa shape index (κ3) is 4.70. The number of hydrogen-bond donors (Lipinski definition) is 2. The number of carbonyl (C=O) groups is 2. The van der Waals surface area contributed by atoms with Crippen LogP contribution in [0.15, 0.2) is 0 Å². The summed E-state index contributed by atoms with van der Waals surface area (Å²) >= 11 is 1.79. The van der Waals surface area contributed by atoms with E-state index in [2.05, 4.69) is 11.6 Å². The standard InChI is InChI=1S/C15H23F3N2O3S/c1-24-8-9-2-4-10(5-3-9)19-14(23)20-6-11(13(21)22)12(7-20)15(16,17)18/h9-12H,2-8H2,1H3,(H,19,23)(H,21,22)/t9?,10?,11-,12-/m1/s1. The van der Waals surface area contributed by atoms with E-state index < -0.39 is 43.1 Å². The molecule has 1 aliphatic carbocycles. The lowest BCUT2D eigenvalue weighted by molar-refractivity contribution is -0.187. The number of carboxylic acid groups (broad SMARTS) is 1. The van der Waals surface area contributed by atoms with Crippen molar-refractivity contribution in [2.75, 3.05) is 25.1 Å². The average molecular weight is 368 g/mol. The second-order valence-electron chi connectivity index (χ2n) is 6.62. The summed E-state index contributed by atoms with van der Waals surface area (Å²) in [6.45, 7) is -0.985. The fourth-order valence-electron chi connectivity index (χ4n) is 3.53. The third-order valence-corrected chi connectivity index (χ3v) is 5.73. The lowest BCUT2D eigenvalue weighted by atomic mass is 9.87. The van der Waals surface area contributed by atoms with Gasteiger partial charge in [0.25, 0.3) is 0 Å². The summed E-state index contributed by atoms with van der Waals surface area (Å²) in [5.74, 6) is -3.39. The molecular weight excluding hydrogens is 345 g/mol. The van der Waals surface area contributed by atoms with Gasteiger partial charge in [0.15, 0.2) is 0 Å². The SMILES string of the molecule is CSCC1CCC(NC(=O)N2C[C@@H](C(F)(F)F)[C@H](C(=O)O)C2)CC1. The van der Waals surface area contributed by atoms with Crippen LogP contribution in [0.5, 0.6) is 0 Å². The summed E-state index contributed by atoms with van der Waals surface area (Å²) in [6, 6.07) is -0.620. The number of nitrogens with one attached hydrogen (secondary N) is 1. The van der Waals surface area contributed by atoms with Crippen molar-refractivity contribution < 1.29 is 27.9 Å². The highest BCUT2D eigenvalue weighted by Crippen LogP contribution is 2.37. The molecule has 0 radical (unpaired) electrons. The van der Waals surface area contributed by atoms with Crippen molar-refractivity contribution in [2.45, 2.75) is 37.9 Å². The quantitative estimate of drug-likeness (QED) is 0.801. The molecule has 24 heavy (non-hydrogen) atoms. The van der Waals surface area contributed by atoms with Gasteiger partial charge < -0.3 is 15.3 Å². The van der Waals surface area contributed by atoms with E-state index in [4.69, 9.17) is 5.11 Å². The zero-order valence-electron chi connectivity index (χ0n) is 13.5. The van der Waals surface area contributed by atoms with Crippen molar-refractivity contribution in [1.29, 1.82) is 0 Å². The van der Waals surface area contributed by atoms with Crippen LogP contribution in [0.3, 0.4) is 0 Å². The fraction of sp³-hybridized carbons (Fsp3) is 0.867. The lowest BCUT2D eigenvalue weighted by Gasteiger charge is -2.30. The molecule has 0 unspecified atom stereocenters. The van der Waals surface area contributed by atoms with Crippen molar-refractivity contribution in [2.24, 2.45) is 17.8 Å². The number of amides is 2. The smallest absolute Gasteiger partial charge is 0.394 e. The van der Waals surface area contributed by atoms with Gasteiger partial charge in [0.05, 0.1) is 11.8 Å². The molecule has 9 heteroatoms. The normalized spacial score (nSPS) is 31.1. The molecule has 2 aliphatic rings. The number of thioether (sulfide) groups is 1. The molecule has 0 spiro atoms. The van der Waals surface area contributed by atoms with E-state index in [1.54, 1.807) is 11.8 Å². The first-order valence-corrected chi connectivity index (χ1v) is 9.45. The first-order chi connectivity index (χ1) is 11.2. The van der Waals surface area contributed by atoms with Gasteiger partial charge in [-0.05, 0) is 43.6 Å². The van der Waals surface area contributed by atoms with E-state index >= 15 is 0 Å². The van der Waals surface area contributed by atoms with Gasteiger partial charge in [0.2, 0.25) is 0 Å². The molecule has 0 bridgehead atoms. The van der Waals surface area contributed by atoms with Crippen LogP contribution in [0.4, 0.5) is 18.0 Å². The highest BCUT2D eigenvalue weighted by molar-refractivity contribution is 7.98. The summed E-state index contributed by atoms with van der Waals surface area (Å²) in [4.78, 5) is 24.3. The van der Waals surface area contributed by atoms with Crippen molar-refractivity contribution in [3.8, 4) is 0 Å². The largest absolute Gasteiger partial charge is 0.481 e. The van der Waals surface area contributed by atoms with Crippen molar-refractivity contribution >= 4 is 23.8 Å². The number of likely N-dealkylation sites (tertiary alicyclic amines) is 1. The molecule has 2 fully saturated rings. The molecule has 0 aromatic heterocycles. The molecule has 5 nitrogen and oxygen atoms in total. The van der Waals surface area contributed by atoms with Gasteiger partial charge in [0.1, 0.15) is 0 Å². The number of urea groups is 1. The number of carboxylic acids is 1. The minimum atomic E-state index is -4.62. The Morgan fingerprint density at radius 3 is 2.29 bits per heavy atom. The van der Waals surface area contributed by atoms with Gasteiger partial charge in [0, 0.05) is 19.1 Å². The number of halogens is 3. The number of aliphatic carboxylic acids is 1. The van der Waals surface area contributed by atoms with Crippen molar-refractivity contribution in [3.63, 3.8) is 0 Å². The maximum atomic E-state index is 13.0. The third-order valence-electron chi connectivity index (χ3n) is 4.92. The molecule has 0 aromatic carbocycles. The summed E-state index contributed by atoms with van der Waals surface area (Å²) in [6.07, 6.45) is 1.06. The highest BCUT2D eigenvalue weighted by Gasteiger charge is 2.53. The topological polar surface area (TPSA) is 69.6 Å². The summed E-state index contributed by atoms with van der Waals surface area (Å²) in [5.41, 5.74) is 0. The second kappa shape index (κ2) is 7.84. The Morgan fingerprint density at radius 1 is 1.21 bits per heavy atom. The van der Waals surface area contributed by atoms with E-state index in [-0.39, 0.29) is 6.04 Å². The van der Waals surface area contributed by atoms with Gasteiger partial charge in [-0.1, -0.05) is 0 Å². The van der Waals surface area contributed by atoms with Gasteiger partial charge in [-0.3, -0.25) is 4.79 Å². The van der Waals surface area contributed by atoms with Gasteiger partial charge in [-0.2, -0.15) is 24.9 Å². The molecule has 2 rings (SSSR count). The van der Waals surface area contributed by atoms with E-state index in [1.807, 2.05) is 0 Å². The second-order valence-corrected chi connectivity index (χ2v) is 7.53. The highest BCUT2D eigenvalue weighted by atomic mass is 32.2. The van der Waals surface area contributed by atoms with Crippen LogP contribution in [-0.2, 0) is 4.79 Å². The fourth-order valence-corrected chi connectivity index (χ4v) is 4.33. The Morgan fingerprint density at radius 2 is 1.83 bits per heavy atom. The van der Waals surface area contributed by atoms with Gasteiger partial charge in [-0.15, -0.1) is 0 Å². The molecule has 1 saturated carbocycles. The zero-order chi connectivity index (χ0) is 17.9. The molecule has 1 saturated heterocycles. The minimum absolute atomic E-state index is 0.0381. The Kier molecular flexibility index (Phi) is 6.28. The zero-order valence-corrected chi connectivity index (χ0v) is 14.3. The molecule has 1 heterocycles. The predicted octanol–water partition coefficient (Wildman–Crippen LogP) is 2.81. The van der Waals surface area contributed by atoms with E-state index in [9.17, 15) is 22.8 Å². The molecular formula is C15H23F3N2O3S. The maximum absolute atomic E-state index is 13.0. The Balaban J connectivity index is 1.88. The Hall–Kier alpha value is -1.12. The lowest BCUT2D eigenvalue weighted by Crippen LogP contribution is -2.45. The molecule has 1 aliphatic heterocycles. The van der Waals surface area contributed by atoms with Crippen molar-refractivity contribution in [1.82, 2.24) is 10.2 Å². The monoisotopic (exact) mass is 368 g/mol. The predicted molar refractivity (Wildman–Crippen MR) is 84.9 cm³/mol. The van der Waals surface area contributed by atoms with Crippen LogP contribution >= 0.6 is 11.8 Å². The Bertz CT molecular complexity index is 467. The van der Waals surface area contributed by atoms with Gasteiger partial charge in [-0.25, -0.2) is 4.79 Å². The number of rotatable bonds is 4. The maximum Gasteiger partial charge on any atom is 0.394 e. The molecule has 2 amide bonds. The van der Waals surface area contributed by atoms with Crippen LogP contribution < -0.4 is 5.32 Å². The van der Waals surface area contributed by atoms with Crippen LogP contribution in [0, 0.1) is 17.8 Å². The number of carbonyl (C=O) groups excluding carboxylic acids is 1. The number of hydrogen-bond acceptors (Lipinski definition) is 3. The summed E-state index contributed by atoms with van der Waals surface area (Å²) in [5, 5.41) is 11.8.